The molecule has 0 heterocycles. The molecule has 0 aliphatic heterocycles. The average molecular weight is 272 g/mol. The summed E-state index contributed by atoms with van der Waals surface area (Å²) < 4.78 is 0. The standard InChI is InChI=1S/C15H16N2O3/c1-3-8-16(10-12-4-5-12)13-6-7-15(17(19)20)14(9-13)11(2)18/h1,6-7,9,12H,4-5,8,10H2,2H3. The Morgan fingerprint density at radius 2 is 2.25 bits per heavy atom. The Morgan fingerprint density at radius 3 is 2.75 bits per heavy atom. The predicted octanol–water partition coefficient (Wildman–Crippen LogP) is 2.65. The predicted molar refractivity (Wildman–Crippen MR) is 76.9 cm³/mol. The van der Waals surface area contributed by atoms with Crippen molar-refractivity contribution in [2.75, 3.05) is 18.0 Å². The number of rotatable bonds is 6. The number of Topliss-reactive ketones (excluding diaryl/α,β-unsaturated/α-hetero) is 1. The molecule has 0 radical (unpaired) electrons. The molecule has 0 amide bonds. The molecule has 2 rings (SSSR count). The van der Waals surface area contributed by atoms with E-state index >= 15 is 0 Å². The van der Waals surface area contributed by atoms with Crippen LogP contribution in [0.15, 0.2) is 18.2 Å². The van der Waals surface area contributed by atoms with Gasteiger partial charge in [0.25, 0.3) is 5.69 Å². The largest absolute Gasteiger partial charge is 0.360 e. The summed E-state index contributed by atoms with van der Waals surface area (Å²) in [5.41, 5.74) is 0.740. The summed E-state index contributed by atoms with van der Waals surface area (Å²) in [6, 6.07) is 4.60. The van der Waals surface area contributed by atoms with Crippen molar-refractivity contribution in [1.82, 2.24) is 0 Å². The fraction of sp³-hybridized carbons (Fsp3) is 0.400. The van der Waals surface area contributed by atoms with Gasteiger partial charge in [0.2, 0.25) is 0 Å². The number of ketones is 1. The van der Waals surface area contributed by atoms with Crippen molar-refractivity contribution in [2.45, 2.75) is 19.8 Å². The second-order valence-corrected chi connectivity index (χ2v) is 5.04. The maximum Gasteiger partial charge on any atom is 0.280 e. The third-order valence-electron chi connectivity index (χ3n) is 3.38. The molecule has 104 valence electrons. The monoisotopic (exact) mass is 272 g/mol. The van der Waals surface area contributed by atoms with E-state index in [9.17, 15) is 14.9 Å². The quantitative estimate of drug-likeness (QED) is 0.345. The minimum atomic E-state index is -0.535. The summed E-state index contributed by atoms with van der Waals surface area (Å²) in [4.78, 5) is 24.0. The number of anilines is 1. The fourth-order valence-electron chi connectivity index (χ4n) is 2.15. The van der Waals surface area contributed by atoms with E-state index in [1.807, 2.05) is 4.90 Å². The Kier molecular flexibility index (Phi) is 4.04. The minimum absolute atomic E-state index is 0.130. The van der Waals surface area contributed by atoms with Gasteiger partial charge in [0, 0.05) is 18.3 Å². The van der Waals surface area contributed by atoms with Gasteiger partial charge >= 0.3 is 0 Å². The van der Waals surface area contributed by atoms with Crippen LogP contribution in [0.1, 0.15) is 30.1 Å². The number of benzene rings is 1. The molecular weight excluding hydrogens is 256 g/mol. The molecule has 5 nitrogen and oxygen atoms in total. The van der Waals surface area contributed by atoms with Gasteiger partial charge in [-0.3, -0.25) is 14.9 Å². The molecule has 1 aromatic carbocycles. The number of carbonyl (C=O) groups excluding carboxylic acids is 1. The molecule has 0 aromatic heterocycles. The number of terminal acetylenes is 1. The second-order valence-electron chi connectivity index (χ2n) is 5.04. The van der Waals surface area contributed by atoms with Crippen molar-refractivity contribution >= 4 is 17.2 Å². The van der Waals surface area contributed by atoms with Gasteiger partial charge in [0.05, 0.1) is 17.0 Å². The van der Waals surface area contributed by atoms with Gasteiger partial charge < -0.3 is 4.90 Å². The van der Waals surface area contributed by atoms with Crippen LogP contribution in [0.2, 0.25) is 0 Å². The van der Waals surface area contributed by atoms with E-state index < -0.39 is 4.92 Å². The molecule has 1 aliphatic carbocycles. The van der Waals surface area contributed by atoms with Gasteiger partial charge in [-0.2, -0.15) is 0 Å². The summed E-state index contributed by atoms with van der Waals surface area (Å²) >= 11 is 0. The number of carbonyl (C=O) groups is 1. The van der Waals surface area contributed by atoms with Crippen LogP contribution < -0.4 is 4.90 Å². The number of nitro groups is 1. The maximum atomic E-state index is 11.6. The van der Waals surface area contributed by atoms with Gasteiger partial charge in [0.1, 0.15) is 0 Å². The van der Waals surface area contributed by atoms with Crippen molar-refractivity contribution in [3.63, 3.8) is 0 Å². The van der Waals surface area contributed by atoms with Crippen LogP contribution in [0, 0.1) is 28.4 Å². The van der Waals surface area contributed by atoms with E-state index in [1.165, 1.54) is 25.8 Å². The van der Waals surface area contributed by atoms with Crippen LogP contribution in [-0.4, -0.2) is 23.8 Å². The molecule has 1 aliphatic rings. The van der Waals surface area contributed by atoms with Crippen LogP contribution in [-0.2, 0) is 0 Å². The van der Waals surface area contributed by atoms with Crippen molar-refractivity contribution in [1.29, 1.82) is 0 Å². The van der Waals surface area contributed by atoms with E-state index in [0.29, 0.717) is 12.5 Å². The Bertz CT molecular complexity index is 585. The molecule has 0 bridgehead atoms. The Morgan fingerprint density at radius 1 is 1.55 bits per heavy atom. The van der Waals surface area contributed by atoms with Crippen molar-refractivity contribution < 1.29 is 9.72 Å². The Hall–Kier alpha value is -2.35. The summed E-state index contributed by atoms with van der Waals surface area (Å²) in [5.74, 6) is 2.92. The highest BCUT2D eigenvalue weighted by molar-refractivity contribution is 5.99. The zero-order valence-electron chi connectivity index (χ0n) is 11.3. The summed E-state index contributed by atoms with van der Waals surface area (Å²) in [6.07, 6.45) is 7.75. The maximum absolute atomic E-state index is 11.6. The second kappa shape index (κ2) is 5.74. The summed E-state index contributed by atoms with van der Waals surface area (Å²) in [6.45, 7) is 2.60. The first-order chi connectivity index (χ1) is 9.52. The Labute approximate surface area is 117 Å². The summed E-state index contributed by atoms with van der Waals surface area (Å²) in [5, 5.41) is 10.9. The third kappa shape index (κ3) is 3.15. The molecule has 20 heavy (non-hydrogen) atoms. The number of nitrogens with zero attached hydrogens (tertiary/aromatic N) is 2. The first-order valence-electron chi connectivity index (χ1n) is 6.50. The van der Waals surface area contributed by atoms with Gasteiger partial charge in [-0.15, -0.1) is 6.42 Å². The van der Waals surface area contributed by atoms with E-state index in [-0.39, 0.29) is 17.0 Å². The van der Waals surface area contributed by atoms with E-state index in [1.54, 1.807) is 12.1 Å². The van der Waals surface area contributed by atoms with E-state index in [2.05, 4.69) is 5.92 Å². The fourth-order valence-corrected chi connectivity index (χ4v) is 2.15. The highest BCUT2D eigenvalue weighted by atomic mass is 16.6. The smallest absolute Gasteiger partial charge is 0.280 e. The normalized spacial score (nSPS) is 13.6. The zero-order chi connectivity index (χ0) is 14.7. The van der Waals surface area contributed by atoms with E-state index in [4.69, 9.17) is 6.42 Å². The topological polar surface area (TPSA) is 63.4 Å². The number of nitro benzene ring substituents is 1. The zero-order valence-corrected chi connectivity index (χ0v) is 11.3. The minimum Gasteiger partial charge on any atom is -0.360 e. The average Bonchev–Trinajstić information content (AvgIpc) is 3.21. The molecule has 0 unspecified atom stereocenters. The molecular formula is C15H16N2O3. The molecule has 0 N–H and O–H groups in total. The SMILES string of the molecule is C#CCN(CC1CC1)c1ccc([N+](=O)[O-])c(C(C)=O)c1. The van der Waals surface area contributed by atoms with Gasteiger partial charge in [-0.1, -0.05) is 5.92 Å². The van der Waals surface area contributed by atoms with Crippen LogP contribution in [0.5, 0.6) is 0 Å². The van der Waals surface area contributed by atoms with Gasteiger partial charge in [-0.25, -0.2) is 0 Å². The highest BCUT2D eigenvalue weighted by Crippen LogP contribution is 2.32. The lowest BCUT2D eigenvalue weighted by atomic mass is 10.1. The summed E-state index contributed by atoms with van der Waals surface area (Å²) in [7, 11) is 0. The van der Waals surface area contributed by atoms with E-state index in [0.717, 1.165) is 12.2 Å². The third-order valence-corrected chi connectivity index (χ3v) is 3.38. The van der Waals surface area contributed by atoms with Crippen molar-refractivity contribution in [3.05, 3.63) is 33.9 Å². The molecule has 0 saturated heterocycles. The van der Waals surface area contributed by atoms with Crippen LogP contribution in [0.25, 0.3) is 0 Å². The van der Waals surface area contributed by atoms with Crippen molar-refractivity contribution in [2.24, 2.45) is 5.92 Å². The molecule has 0 atom stereocenters. The molecule has 5 heteroatoms. The molecule has 0 spiro atoms. The van der Waals surface area contributed by atoms with Crippen LogP contribution in [0.3, 0.4) is 0 Å². The number of hydrogen-bond donors (Lipinski definition) is 0. The van der Waals surface area contributed by atoms with Crippen molar-refractivity contribution in [3.8, 4) is 12.3 Å². The van der Waals surface area contributed by atoms with Gasteiger partial charge in [0.15, 0.2) is 5.78 Å². The lowest BCUT2D eigenvalue weighted by Gasteiger charge is -2.22. The van der Waals surface area contributed by atoms with Crippen LogP contribution >= 0.6 is 0 Å². The molecule has 1 saturated carbocycles. The lowest BCUT2D eigenvalue weighted by molar-refractivity contribution is -0.385. The first-order valence-corrected chi connectivity index (χ1v) is 6.50. The Balaban J connectivity index is 2.34. The molecule has 1 fully saturated rings. The lowest BCUT2D eigenvalue weighted by Crippen LogP contribution is -2.26. The van der Waals surface area contributed by atoms with Crippen LogP contribution in [0.4, 0.5) is 11.4 Å². The molecule has 1 aromatic rings. The number of hydrogen-bond acceptors (Lipinski definition) is 4. The first kappa shape index (κ1) is 14.1. The highest BCUT2D eigenvalue weighted by Gasteiger charge is 2.25. The van der Waals surface area contributed by atoms with Gasteiger partial charge in [-0.05, 0) is 37.8 Å².